The van der Waals surface area contributed by atoms with Crippen molar-refractivity contribution in [2.75, 3.05) is 29.9 Å². The van der Waals surface area contributed by atoms with Crippen LogP contribution < -0.4 is 5.32 Å². The number of anilines is 1. The Hall–Kier alpha value is -0.870. The van der Waals surface area contributed by atoms with Gasteiger partial charge in [0.15, 0.2) is 0 Å². The molecule has 1 N–H and O–H groups in total. The lowest BCUT2D eigenvalue weighted by molar-refractivity contribution is 0.217. The number of urea groups is 1. The van der Waals surface area contributed by atoms with E-state index in [1.165, 1.54) is 0 Å². The molecule has 0 spiro atoms. The second kappa shape index (κ2) is 6.17. The molecule has 0 bridgehead atoms. The predicted molar refractivity (Wildman–Crippen MR) is 73.9 cm³/mol. The number of rotatable bonds is 2. The molecule has 1 aliphatic rings. The zero-order valence-electron chi connectivity index (χ0n) is 9.49. The first-order valence-electron chi connectivity index (χ1n) is 5.58. The van der Waals surface area contributed by atoms with E-state index in [-0.39, 0.29) is 6.03 Å². The van der Waals surface area contributed by atoms with Gasteiger partial charge in [0.2, 0.25) is 0 Å². The molecule has 1 aliphatic heterocycles. The van der Waals surface area contributed by atoms with Gasteiger partial charge in [-0.25, -0.2) is 4.79 Å². The maximum atomic E-state index is 11.9. The summed E-state index contributed by atoms with van der Waals surface area (Å²) in [6, 6.07) is 7.61. The minimum Gasteiger partial charge on any atom is -0.323 e. The van der Waals surface area contributed by atoms with Crippen LogP contribution in [-0.2, 0) is 5.88 Å². The highest BCUT2D eigenvalue weighted by molar-refractivity contribution is 7.99. The van der Waals surface area contributed by atoms with E-state index in [4.69, 9.17) is 11.6 Å². The molecule has 0 atom stereocenters. The van der Waals surface area contributed by atoms with Crippen molar-refractivity contribution in [1.82, 2.24) is 4.90 Å². The van der Waals surface area contributed by atoms with Gasteiger partial charge in [0.1, 0.15) is 0 Å². The Balaban J connectivity index is 1.92. The van der Waals surface area contributed by atoms with Crippen molar-refractivity contribution in [3.63, 3.8) is 0 Å². The van der Waals surface area contributed by atoms with E-state index in [9.17, 15) is 4.79 Å². The van der Waals surface area contributed by atoms with Crippen molar-refractivity contribution in [1.29, 1.82) is 0 Å². The second-order valence-corrected chi connectivity index (χ2v) is 5.35. The first kappa shape index (κ1) is 12.6. The van der Waals surface area contributed by atoms with Gasteiger partial charge in [0.25, 0.3) is 0 Å². The van der Waals surface area contributed by atoms with Gasteiger partial charge in [-0.15, -0.1) is 11.6 Å². The van der Waals surface area contributed by atoms with Gasteiger partial charge in [-0.2, -0.15) is 11.8 Å². The summed E-state index contributed by atoms with van der Waals surface area (Å²) in [5, 5.41) is 2.90. The third-order valence-corrected chi connectivity index (χ3v) is 3.91. The van der Waals surface area contributed by atoms with Gasteiger partial charge in [-0.3, -0.25) is 0 Å². The maximum absolute atomic E-state index is 11.9. The van der Waals surface area contributed by atoms with Crippen molar-refractivity contribution in [3.05, 3.63) is 29.8 Å². The normalized spacial score (nSPS) is 15.7. The monoisotopic (exact) mass is 270 g/mol. The summed E-state index contributed by atoms with van der Waals surface area (Å²) in [6.07, 6.45) is 0. The largest absolute Gasteiger partial charge is 0.323 e. The third kappa shape index (κ3) is 3.54. The molecule has 0 aromatic heterocycles. The van der Waals surface area contributed by atoms with Crippen molar-refractivity contribution < 1.29 is 4.79 Å². The van der Waals surface area contributed by atoms with Gasteiger partial charge in [-0.05, 0) is 17.7 Å². The number of carbonyl (C=O) groups is 1. The number of carbonyl (C=O) groups excluding carboxylic acids is 1. The number of hydrogen-bond donors (Lipinski definition) is 1. The number of benzene rings is 1. The topological polar surface area (TPSA) is 32.3 Å². The molecule has 5 heteroatoms. The Bertz CT molecular complexity index is 377. The molecule has 1 saturated heterocycles. The highest BCUT2D eigenvalue weighted by Gasteiger charge is 2.16. The van der Waals surface area contributed by atoms with Crippen molar-refractivity contribution in [2.24, 2.45) is 0 Å². The van der Waals surface area contributed by atoms with E-state index in [1.54, 1.807) is 0 Å². The molecular weight excluding hydrogens is 256 g/mol. The molecule has 1 fully saturated rings. The number of hydrogen-bond acceptors (Lipinski definition) is 2. The van der Waals surface area contributed by atoms with Crippen LogP contribution in [-0.4, -0.2) is 35.5 Å². The molecule has 3 nitrogen and oxygen atoms in total. The Kier molecular flexibility index (Phi) is 4.57. The van der Waals surface area contributed by atoms with Crippen molar-refractivity contribution in [2.45, 2.75) is 5.88 Å². The molecule has 2 rings (SSSR count). The van der Waals surface area contributed by atoms with E-state index in [0.717, 1.165) is 35.8 Å². The van der Waals surface area contributed by atoms with Crippen molar-refractivity contribution >= 4 is 35.1 Å². The number of thioether (sulfide) groups is 1. The molecule has 1 aromatic rings. The average molecular weight is 271 g/mol. The molecule has 0 saturated carbocycles. The summed E-state index contributed by atoms with van der Waals surface area (Å²) in [7, 11) is 0. The van der Waals surface area contributed by atoms with Gasteiger partial charge < -0.3 is 10.2 Å². The number of amides is 2. The SMILES string of the molecule is O=C(Nc1ccc(CCl)cc1)N1CCSCC1. The van der Waals surface area contributed by atoms with Crippen molar-refractivity contribution in [3.8, 4) is 0 Å². The van der Waals surface area contributed by atoms with Crippen LogP contribution in [0, 0.1) is 0 Å². The Morgan fingerprint density at radius 2 is 1.94 bits per heavy atom. The summed E-state index contributed by atoms with van der Waals surface area (Å²) >= 11 is 7.60. The fourth-order valence-corrected chi connectivity index (χ4v) is 2.73. The lowest BCUT2D eigenvalue weighted by atomic mass is 10.2. The van der Waals surface area contributed by atoms with Crippen LogP contribution in [0.5, 0.6) is 0 Å². The fraction of sp³-hybridized carbons (Fsp3) is 0.417. The minimum absolute atomic E-state index is 0.0103. The summed E-state index contributed by atoms with van der Waals surface area (Å²) in [6.45, 7) is 1.66. The molecule has 1 aromatic carbocycles. The number of nitrogens with zero attached hydrogens (tertiary/aromatic N) is 1. The first-order chi connectivity index (χ1) is 8.29. The Morgan fingerprint density at radius 3 is 2.53 bits per heavy atom. The van der Waals surface area contributed by atoms with Gasteiger partial charge in [0.05, 0.1) is 0 Å². The van der Waals surface area contributed by atoms with Crippen LogP contribution in [0.15, 0.2) is 24.3 Å². The summed E-state index contributed by atoms with van der Waals surface area (Å²) in [4.78, 5) is 13.8. The molecular formula is C12H15ClN2OS. The number of halogens is 1. The smallest absolute Gasteiger partial charge is 0.321 e. The summed E-state index contributed by atoms with van der Waals surface area (Å²) in [5.74, 6) is 2.55. The maximum Gasteiger partial charge on any atom is 0.321 e. The van der Waals surface area contributed by atoms with Crippen LogP contribution in [0.1, 0.15) is 5.56 Å². The van der Waals surface area contributed by atoms with Crippen LogP contribution >= 0.6 is 23.4 Å². The Labute approximate surface area is 111 Å². The number of alkyl halides is 1. The van der Waals surface area contributed by atoms with Gasteiger partial charge in [-0.1, -0.05) is 12.1 Å². The molecule has 0 aliphatic carbocycles. The minimum atomic E-state index is -0.0103. The van der Waals surface area contributed by atoms with Crippen LogP contribution in [0.3, 0.4) is 0 Å². The van der Waals surface area contributed by atoms with Crippen LogP contribution in [0.25, 0.3) is 0 Å². The molecule has 1 heterocycles. The molecule has 2 amide bonds. The molecule has 0 unspecified atom stereocenters. The molecule has 0 radical (unpaired) electrons. The van der Waals surface area contributed by atoms with E-state index < -0.39 is 0 Å². The summed E-state index contributed by atoms with van der Waals surface area (Å²) < 4.78 is 0. The summed E-state index contributed by atoms with van der Waals surface area (Å²) in [5.41, 5.74) is 1.88. The second-order valence-electron chi connectivity index (χ2n) is 3.86. The quantitative estimate of drug-likeness (QED) is 0.838. The van der Waals surface area contributed by atoms with E-state index in [1.807, 2.05) is 40.9 Å². The zero-order chi connectivity index (χ0) is 12.1. The van der Waals surface area contributed by atoms with Crippen LogP contribution in [0.4, 0.5) is 10.5 Å². The zero-order valence-corrected chi connectivity index (χ0v) is 11.1. The van der Waals surface area contributed by atoms with E-state index in [2.05, 4.69) is 5.32 Å². The van der Waals surface area contributed by atoms with E-state index >= 15 is 0 Å². The molecule has 17 heavy (non-hydrogen) atoms. The highest BCUT2D eigenvalue weighted by atomic mass is 35.5. The average Bonchev–Trinajstić information content (AvgIpc) is 2.40. The third-order valence-electron chi connectivity index (χ3n) is 2.66. The van der Waals surface area contributed by atoms with Gasteiger partial charge in [0, 0.05) is 36.2 Å². The van der Waals surface area contributed by atoms with E-state index in [0.29, 0.717) is 5.88 Å². The van der Waals surface area contributed by atoms with Crippen LogP contribution in [0.2, 0.25) is 0 Å². The van der Waals surface area contributed by atoms with Gasteiger partial charge >= 0.3 is 6.03 Å². The highest BCUT2D eigenvalue weighted by Crippen LogP contribution is 2.14. The lowest BCUT2D eigenvalue weighted by Crippen LogP contribution is -2.40. The predicted octanol–water partition coefficient (Wildman–Crippen LogP) is 3.01. The fourth-order valence-electron chi connectivity index (χ4n) is 1.65. The molecule has 92 valence electrons. The number of nitrogens with one attached hydrogen (secondary N) is 1. The standard InChI is InChI=1S/C12H15ClN2OS/c13-9-10-1-3-11(4-2-10)14-12(16)15-5-7-17-8-6-15/h1-4H,5-9H2,(H,14,16). The first-order valence-corrected chi connectivity index (χ1v) is 7.27. The Morgan fingerprint density at radius 1 is 1.29 bits per heavy atom. The lowest BCUT2D eigenvalue weighted by Gasteiger charge is -2.26.